The molecular weight excluding hydrogens is 462 g/mol. The fraction of sp³-hybridized carbons (Fsp3) is 0.400. The lowest BCUT2D eigenvalue weighted by atomic mass is 10.1. The van der Waals surface area contributed by atoms with Gasteiger partial charge in [-0.25, -0.2) is 0 Å². The van der Waals surface area contributed by atoms with Gasteiger partial charge in [-0.2, -0.15) is 0 Å². The molecule has 7 heteroatoms. The summed E-state index contributed by atoms with van der Waals surface area (Å²) in [7, 11) is 0. The average molecular weight is 500 g/mol. The number of benzene rings is 2. The van der Waals surface area contributed by atoms with Crippen LogP contribution in [-0.2, 0) is 4.79 Å². The van der Waals surface area contributed by atoms with Crippen molar-refractivity contribution in [1.29, 1.82) is 0 Å². The Morgan fingerprint density at radius 1 is 0.838 bits per heavy atom. The molecule has 0 atom stereocenters. The van der Waals surface area contributed by atoms with E-state index < -0.39 is 0 Å². The summed E-state index contributed by atoms with van der Waals surface area (Å²) < 4.78 is 0. The molecule has 1 aromatic heterocycles. The van der Waals surface area contributed by atoms with Gasteiger partial charge < -0.3 is 14.7 Å². The third kappa shape index (κ3) is 6.94. The summed E-state index contributed by atoms with van der Waals surface area (Å²) in [6, 6.07) is 19.8. The average Bonchev–Trinajstić information content (AvgIpc) is 2.91. The quantitative estimate of drug-likeness (QED) is 0.453. The third-order valence-electron chi connectivity index (χ3n) is 6.84. The number of rotatable bonds is 8. The van der Waals surface area contributed by atoms with Gasteiger partial charge in [0.15, 0.2) is 5.82 Å². The Balaban J connectivity index is 1.35. The molecule has 4 rings (SSSR count). The van der Waals surface area contributed by atoms with E-state index in [4.69, 9.17) is 0 Å². The highest BCUT2D eigenvalue weighted by atomic mass is 16.2. The van der Waals surface area contributed by atoms with Crippen molar-refractivity contribution < 1.29 is 9.59 Å². The third-order valence-corrected chi connectivity index (χ3v) is 6.84. The van der Waals surface area contributed by atoms with Crippen LogP contribution in [-0.4, -0.2) is 71.1 Å². The maximum Gasteiger partial charge on any atom is 0.254 e. The van der Waals surface area contributed by atoms with Gasteiger partial charge in [-0.1, -0.05) is 61.4 Å². The first-order valence-electron chi connectivity index (χ1n) is 13.1. The standard InChI is InChI=1S/C30H37N5O2/c1-22(2)15-16-35(30(37)26-11-7-24(4)8-12-26)21-29(36)34-19-17-33(18-20-34)28-14-13-27(31-32-28)25-9-5-23(3)6-10-25/h5-14,22H,15-21H2,1-4H3. The summed E-state index contributed by atoms with van der Waals surface area (Å²) >= 11 is 0. The molecule has 0 radical (unpaired) electrons. The van der Waals surface area contributed by atoms with Crippen LogP contribution in [0, 0.1) is 19.8 Å². The normalized spacial score (nSPS) is 13.6. The molecule has 2 aromatic carbocycles. The van der Waals surface area contributed by atoms with E-state index in [2.05, 4.69) is 60.1 Å². The molecule has 0 unspecified atom stereocenters. The van der Waals surface area contributed by atoms with Crippen molar-refractivity contribution in [3.8, 4) is 11.3 Å². The highest BCUT2D eigenvalue weighted by Crippen LogP contribution is 2.20. The van der Waals surface area contributed by atoms with Gasteiger partial charge in [0.25, 0.3) is 5.91 Å². The van der Waals surface area contributed by atoms with Crippen molar-refractivity contribution in [3.05, 3.63) is 77.4 Å². The van der Waals surface area contributed by atoms with Gasteiger partial charge in [0.2, 0.25) is 5.91 Å². The Hall–Kier alpha value is -3.74. The van der Waals surface area contributed by atoms with Crippen LogP contribution in [0.2, 0.25) is 0 Å². The van der Waals surface area contributed by atoms with Gasteiger partial charge in [-0.15, -0.1) is 10.2 Å². The lowest BCUT2D eigenvalue weighted by Gasteiger charge is -2.36. The molecule has 1 fully saturated rings. The molecule has 0 spiro atoms. The second-order valence-electron chi connectivity index (χ2n) is 10.3. The summed E-state index contributed by atoms with van der Waals surface area (Å²) in [5.74, 6) is 1.17. The first-order valence-corrected chi connectivity index (χ1v) is 13.1. The van der Waals surface area contributed by atoms with Crippen LogP contribution in [0.15, 0.2) is 60.7 Å². The number of piperazine rings is 1. The molecule has 2 amide bonds. The largest absolute Gasteiger partial charge is 0.352 e. The van der Waals surface area contributed by atoms with E-state index in [1.807, 2.05) is 48.2 Å². The Kier molecular flexibility index (Phi) is 8.54. The number of hydrogen-bond acceptors (Lipinski definition) is 5. The fourth-order valence-corrected chi connectivity index (χ4v) is 4.37. The van der Waals surface area contributed by atoms with E-state index >= 15 is 0 Å². The molecule has 7 nitrogen and oxygen atoms in total. The van der Waals surface area contributed by atoms with E-state index in [1.54, 1.807) is 4.90 Å². The maximum atomic E-state index is 13.2. The van der Waals surface area contributed by atoms with Crippen molar-refractivity contribution >= 4 is 17.6 Å². The Morgan fingerprint density at radius 3 is 2.03 bits per heavy atom. The molecule has 1 aliphatic rings. The zero-order valence-corrected chi connectivity index (χ0v) is 22.4. The van der Waals surface area contributed by atoms with Crippen molar-refractivity contribution in [3.63, 3.8) is 0 Å². The van der Waals surface area contributed by atoms with Crippen LogP contribution >= 0.6 is 0 Å². The number of amides is 2. The van der Waals surface area contributed by atoms with Gasteiger partial charge in [0.1, 0.15) is 6.54 Å². The molecule has 0 N–H and O–H groups in total. The van der Waals surface area contributed by atoms with Crippen LogP contribution in [0.3, 0.4) is 0 Å². The number of carbonyl (C=O) groups is 2. The number of hydrogen-bond donors (Lipinski definition) is 0. The number of nitrogens with zero attached hydrogens (tertiary/aromatic N) is 5. The fourth-order valence-electron chi connectivity index (χ4n) is 4.37. The van der Waals surface area contributed by atoms with Crippen LogP contribution in [0.25, 0.3) is 11.3 Å². The van der Waals surface area contributed by atoms with Crippen LogP contribution in [0.5, 0.6) is 0 Å². The minimum Gasteiger partial charge on any atom is -0.352 e. The first-order chi connectivity index (χ1) is 17.8. The molecule has 1 saturated heterocycles. The van der Waals surface area contributed by atoms with E-state index in [1.165, 1.54) is 5.56 Å². The number of anilines is 1. The van der Waals surface area contributed by atoms with Gasteiger partial charge in [0, 0.05) is 43.9 Å². The van der Waals surface area contributed by atoms with E-state index in [0.29, 0.717) is 44.2 Å². The molecule has 194 valence electrons. The predicted octanol–water partition coefficient (Wildman–Crippen LogP) is 4.60. The number of aryl methyl sites for hydroxylation is 2. The van der Waals surface area contributed by atoms with E-state index in [-0.39, 0.29) is 18.4 Å². The Labute approximate surface area is 220 Å². The Morgan fingerprint density at radius 2 is 1.46 bits per heavy atom. The summed E-state index contributed by atoms with van der Waals surface area (Å²) in [5, 5.41) is 8.86. The van der Waals surface area contributed by atoms with Crippen molar-refractivity contribution in [1.82, 2.24) is 20.0 Å². The minimum absolute atomic E-state index is 0.00956. The maximum absolute atomic E-state index is 13.2. The van der Waals surface area contributed by atoms with Gasteiger partial charge in [-0.05, 0) is 50.5 Å². The molecule has 0 aliphatic carbocycles. The first kappa shape index (κ1) is 26.3. The molecule has 0 saturated carbocycles. The van der Waals surface area contributed by atoms with Crippen LogP contribution in [0.1, 0.15) is 41.8 Å². The second-order valence-corrected chi connectivity index (χ2v) is 10.3. The zero-order valence-electron chi connectivity index (χ0n) is 22.4. The van der Waals surface area contributed by atoms with Crippen molar-refractivity contribution in [2.24, 2.45) is 5.92 Å². The highest BCUT2D eigenvalue weighted by Gasteiger charge is 2.26. The SMILES string of the molecule is Cc1ccc(C(=O)N(CCC(C)C)CC(=O)N2CCN(c3ccc(-c4ccc(C)cc4)nn3)CC2)cc1. The molecule has 0 bridgehead atoms. The monoisotopic (exact) mass is 499 g/mol. The topological polar surface area (TPSA) is 69.6 Å². The molecule has 37 heavy (non-hydrogen) atoms. The lowest BCUT2D eigenvalue weighted by Crippen LogP contribution is -2.52. The zero-order chi connectivity index (χ0) is 26.4. The van der Waals surface area contributed by atoms with Crippen LogP contribution in [0.4, 0.5) is 5.82 Å². The van der Waals surface area contributed by atoms with E-state index in [0.717, 1.165) is 29.1 Å². The smallest absolute Gasteiger partial charge is 0.254 e. The second kappa shape index (κ2) is 12.0. The summed E-state index contributed by atoms with van der Waals surface area (Å²) in [4.78, 5) is 32.1. The number of aromatic nitrogens is 2. The molecule has 1 aliphatic heterocycles. The highest BCUT2D eigenvalue weighted by molar-refractivity contribution is 5.96. The van der Waals surface area contributed by atoms with Gasteiger partial charge in [0.05, 0.1) is 5.69 Å². The minimum atomic E-state index is -0.0865. The summed E-state index contributed by atoms with van der Waals surface area (Å²) in [5.41, 5.74) is 4.83. The molecule has 3 aromatic rings. The van der Waals surface area contributed by atoms with E-state index in [9.17, 15) is 9.59 Å². The van der Waals surface area contributed by atoms with Gasteiger partial charge in [-0.3, -0.25) is 9.59 Å². The van der Waals surface area contributed by atoms with Crippen molar-refractivity contribution in [2.45, 2.75) is 34.1 Å². The molecular formula is C30H37N5O2. The summed E-state index contributed by atoms with van der Waals surface area (Å²) in [6.07, 6.45) is 0.857. The predicted molar refractivity (Wildman–Crippen MR) is 148 cm³/mol. The Bertz CT molecular complexity index is 1180. The summed E-state index contributed by atoms with van der Waals surface area (Å²) in [6.45, 7) is 11.5. The van der Waals surface area contributed by atoms with Crippen molar-refractivity contribution in [2.75, 3.05) is 44.2 Å². The lowest BCUT2D eigenvalue weighted by molar-refractivity contribution is -0.132. The van der Waals surface area contributed by atoms with Gasteiger partial charge >= 0.3 is 0 Å². The van der Waals surface area contributed by atoms with Crippen LogP contribution < -0.4 is 4.90 Å². The number of carbonyl (C=O) groups excluding carboxylic acids is 2. The molecule has 2 heterocycles.